The lowest BCUT2D eigenvalue weighted by molar-refractivity contribution is -0.131. The van der Waals surface area contributed by atoms with Gasteiger partial charge in [0.15, 0.2) is 0 Å². The number of urea groups is 1. The summed E-state index contributed by atoms with van der Waals surface area (Å²) in [4.78, 5) is 25.9. The van der Waals surface area contributed by atoms with Gasteiger partial charge in [-0.25, -0.2) is 4.79 Å². The van der Waals surface area contributed by atoms with Crippen LogP contribution in [0.1, 0.15) is 44.2 Å². The number of nitrogens with one attached hydrogen (secondary N) is 1. The fraction of sp³-hybridized carbons (Fsp3) is 0.500. The molecule has 1 unspecified atom stereocenters. The molecule has 1 atom stereocenters. The van der Waals surface area contributed by atoms with Gasteiger partial charge in [0.25, 0.3) is 5.91 Å². The van der Waals surface area contributed by atoms with Crippen LogP contribution < -0.4 is 11.1 Å². The van der Waals surface area contributed by atoms with E-state index < -0.39 is 5.54 Å². The molecule has 1 fully saturated rings. The molecule has 1 aliphatic heterocycles. The van der Waals surface area contributed by atoms with Crippen LogP contribution in [0.2, 0.25) is 0 Å². The zero-order chi connectivity index (χ0) is 15.6. The van der Waals surface area contributed by atoms with Crippen molar-refractivity contribution in [3.05, 3.63) is 35.4 Å². The van der Waals surface area contributed by atoms with Crippen molar-refractivity contribution >= 4 is 11.9 Å². The fourth-order valence-electron chi connectivity index (χ4n) is 2.75. The molecule has 1 saturated heterocycles. The molecule has 5 heteroatoms. The van der Waals surface area contributed by atoms with Gasteiger partial charge >= 0.3 is 6.03 Å². The maximum atomic E-state index is 12.7. The Bertz CT molecular complexity index is 539. The number of hydrogen-bond acceptors (Lipinski definition) is 3. The zero-order valence-electron chi connectivity index (χ0n) is 12.8. The highest BCUT2D eigenvalue weighted by Gasteiger charge is 2.50. The summed E-state index contributed by atoms with van der Waals surface area (Å²) >= 11 is 0. The molecule has 0 bridgehead atoms. The van der Waals surface area contributed by atoms with Crippen molar-refractivity contribution in [1.82, 2.24) is 10.2 Å². The van der Waals surface area contributed by atoms with E-state index in [0.29, 0.717) is 12.3 Å². The highest BCUT2D eigenvalue weighted by molar-refractivity contribution is 6.07. The normalized spacial score (nSPS) is 22.0. The molecule has 3 amide bonds. The van der Waals surface area contributed by atoms with Crippen LogP contribution in [0.4, 0.5) is 4.79 Å². The molecular formula is C16H23N3O2. The molecule has 1 heterocycles. The van der Waals surface area contributed by atoms with Crippen molar-refractivity contribution in [2.24, 2.45) is 5.73 Å². The molecule has 1 aromatic carbocycles. The SMILES string of the molecule is CCC1(c2ccc(C(C)C)cc2)NC(=O)N(CCN)C1=O. The van der Waals surface area contributed by atoms with Crippen LogP contribution in [0, 0.1) is 0 Å². The number of nitrogens with zero attached hydrogens (tertiary/aromatic N) is 1. The Morgan fingerprint density at radius 1 is 1.24 bits per heavy atom. The highest BCUT2D eigenvalue weighted by Crippen LogP contribution is 2.33. The Morgan fingerprint density at radius 2 is 1.86 bits per heavy atom. The predicted octanol–water partition coefficient (Wildman–Crippen LogP) is 1.93. The molecular weight excluding hydrogens is 266 g/mol. The summed E-state index contributed by atoms with van der Waals surface area (Å²) in [6.45, 7) is 6.66. The molecule has 21 heavy (non-hydrogen) atoms. The second-order valence-corrected chi connectivity index (χ2v) is 5.71. The van der Waals surface area contributed by atoms with E-state index in [2.05, 4.69) is 19.2 Å². The second kappa shape index (κ2) is 5.85. The minimum absolute atomic E-state index is 0.210. The lowest BCUT2D eigenvalue weighted by Crippen LogP contribution is -2.43. The predicted molar refractivity (Wildman–Crippen MR) is 81.8 cm³/mol. The van der Waals surface area contributed by atoms with Gasteiger partial charge < -0.3 is 11.1 Å². The summed E-state index contributed by atoms with van der Waals surface area (Å²) in [6, 6.07) is 7.54. The average molecular weight is 289 g/mol. The number of carbonyl (C=O) groups excluding carboxylic acids is 2. The molecule has 0 spiro atoms. The number of carbonyl (C=O) groups is 2. The maximum absolute atomic E-state index is 12.7. The minimum atomic E-state index is -0.957. The standard InChI is InChI=1S/C16H23N3O2/c1-4-16(13-7-5-12(6-8-13)11(2)3)14(20)19(10-9-17)15(21)18-16/h5-8,11H,4,9-10,17H2,1-3H3,(H,18,21). The van der Waals surface area contributed by atoms with E-state index in [-0.39, 0.29) is 25.0 Å². The summed E-state index contributed by atoms with van der Waals surface area (Å²) in [5, 5.41) is 2.85. The Kier molecular flexibility index (Phi) is 4.32. The number of amides is 3. The lowest BCUT2D eigenvalue weighted by atomic mass is 9.86. The summed E-state index contributed by atoms with van der Waals surface area (Å²) in [6.07, 6.45) is 0.514. The molecule has 1 aromatic rings. The van der Waals surface area contributed by atoms with Gasteiger partial charge in [-0.2, -0.15) is 0 Å². The third kappa shape index (κ3) is 2.53. The number of imide groups is 1. The second-order valence-electron chi connectivity index (χ2n) is 5.71. The van der Waals surface area contributed by atoms with Crippen molar-refractivity contribution in [1.29, 1.82) is 0 Å². The summed E-state index contributed by atoms with van der Waals surface area (Å²) in [7, 11) is 0. The Balaban J connectivity index is 2.38. The van der Waals surface area contributed by atoms with Crippen LogP contribution in [0.15, 0.2) is 24.3 Å². The van der Waals surface area contributed by atoms with E-state index in [1.807, 2.05) is 31.2 Å². The van der Waals surface area contributed by atoms with Crippen LogP contribution in [0.5, 0.6) is 0 Å². The molecule has 2 rings (SSSR count). The van der Waals surface area contributed by atoms with Crippen LogP contribution in [0.3, 0.4) is 0 Å². The molecule has 0 aromatic heterocycles. The topological polar surface area (TPSA) is 75.4 Å². The first-order chi connectivity index (χ1) is 9.96. The first-order valence-electron chi connectivity index (χ1n) is 7.41. The van der Waals surface area contributed by atoms with E-state index in [1.54, 1.807) is 0 Å². The molecule has 1 aliphatic rings. The van der Waals surface area contributed by atoms with E-state index in [4.69, 9.17) is 5.73 Å². The number of benzene rings is 1. The summed E-state index contributed by atoms with van der Waals surface area (Å²) < 4.78 is 0. The Morgan fingerprint density at radius 3 is 2.33 bits per heavy atom. The quantitative estimate of drug-likeness (QED) is 0.813. The van der Waals surface area contributed by atoms with Crippen LogP contribution in [-0.2, 0) is 10.3 Å². The monoisotopic (exact) mass is 289 g/mol. The van der Waals surface area contributed by atoms with E-state index in [9.17, 15) is 9.59 Å². The smallest absolute Gasteiger partial charge is 0.325 e. The van der Waals surface area contributed by atoms with Crippen LogP contribution in [0.25, 0.3) is 0 Å². The lowest BCUT2D eigenvalue weighted by Gasteiger charge is -2.26. The van der Waals surface area contributed by atoms with E-state index >= 15 is 0 Å². The van der Waals surface area contributed by atoms with E-state index in [0.717, 1.165) is 5.56 Å². The largest absolute Gasteiger partial charge is 0.329 e. The molecule has 0 aliphatic carbocycles. The van der Waals surface area contributed by atoms with Gasteiger partial charge in [-0.15, -0.1) is 0 Å². The molecule has 114 valence electrons. The summed E-state index contributed by atoms with van der Waals surface area (Å²) in [5.41, 5.74) is 6.56. The van der Waals surface area contributed by atoms with Crippen LogP contribution >= 0.6 is 0 Å². The maximum Gasteiger partial charge on any atom is 0.325 e. The minimum Gasteiger partial charge on any atom is -0.329 e. The first-order valence-corrected chi connectivity index (χ1v) is 7.41. The molecule has 3 N–H and O–H groups in total. The average Bonchev–Trinajstić information content (AvgIpc) is 2.73. The fourth-order valence-corrected chi connectivity index (χ4v) is 2.75. The van der Waals surface area contributed by atoms with E-state index in [1.165, 1.54) is 10.5 Å². The Hall–Kier alpha value is -1.88. The molecule has 0 saturated carbocycles. The zero-order valence-corrected chi connectivity index (χ0v) is 12.8. The first kappa shape index (κ1) is 15.5. The van der Waals surface area contributed by atoms with Gasteiger partial charge in [-0.3, -0.25) is 9.69 Å². The van der Waals surface area contributed by atoms with Gasteiger partial charge in [-0.05, 0) is 23.5 Å². The van der Waals surface area contributed by atoms with Gasteiger partial charge in [0, 0.05) is 13.1 Å². The van der Waals surface area contributed by atoms with Gasteiger partial charge in [0.05, 0.1) is 0 Å². The van der Waals surface area contributed by atoms with Crippen molar-refractivity contribution < 1.29 is 9.59 Å². The highest BCUT2D eigenvalue weighted by atomic mass is 16.2. The van der Waals surface area contributed by atoms with Crippen LogP contribution in [-0.4, -0.2) is 29.9 Å². The van der Waals surface area contributed by atoms with Crippen molar-refractivity contribution in [2.75, 3.05) is 13.1 Å². The van der Waals surface area contributed by atoms with Gasteiger partial charge in [0.1, 0.15) is 5.54 Å². The van der Waals surface area contributed by atoms with Crippen molar-refractivity contribution in [3.8, 4) is 0 Å². The number of nitrogens with two attached hydrogens (primary N) is 1. The van der Waals surface area contributed by atoms with Crippen molar-refractivity contribution in [3.63, 3.8) is 0 Å². The number of hydrogen-bond donors (Lipinski definition) is 2. The third-order valence-corrected chi connectivity index (χ3v) is 4.13. The van der Waals surface area contributed by atoms with Gasteiger partial charge in [0.2, 0.25) is 0 Å². The van der Waals surface area contributed by atoms with Crippen molar-refractivity contribution in [2.45, 2.75) is 38.6 Å². The number of rotatable bonds is 5. The third-order valence-electron chi connectivity index (χ3n) is 4.13. The molecule has 0 radical (unpaired) electrons. The summed E-state index contributed by atoms with van der Waals surface area (Å²) in [5.74, 6) is 0.219. The Labute approximate surface area is 125 Å². The molecule has 5 nitrogen and oxygen atoms in total. The van der Waals surface area contributed by atoms with Gasteiger partial charge in [-0.1, -0.05) is 45.0 Å².